The standard InChI is InChI=1S/C16H23NO/c18-16-7-2-1-6-15(16)17-11-12-8-9-13-4-3-5-14(13)10-12/h8-10,15-18H,1-7,11H2. The topological polar surface area (TPSA) is 32.3 Å². The minimum atomic E-state index is -0.145. The molecule has 1 saturated carbocycles. The Morgan fingerprint density at radius 1 is 1.06 bits per heavy atom. The Bertz CT molecular complexity index is 416. The van der Waals surface area contributed by atoms with Crippen LogP contribution in [0.4, 0.5) is 0 Å². The SMILES string of the molecule is OC1CCCCC1NCc1ccc2c(c1)CCC2. The third kappa shape index (κ3) is 2.60. The Hall–Kier alpha value is -0.860. The van der Waals surface area contributed by atoms with Gasteiger partial charge in [-0.2, -0.15) is 0 Å². The average molecular weight is 245 g/mol. The van der Waals surface area contributed by atoms with Gasteiger partial charge in [0.2, 0.25) is 0 Å². The van der Waals surface area contributed by atoms with Gasteiger partial charge in [0.1, 0.15) is 0 Å². The van der Waals surface area contributed by atoms with E-state index in [0.717, 1.165) is 19.4 Å². The lowest BCUT2D eigenvalue weighted by Crippen LogP contribution is -2.41. The van der Waals surface area contributed by atoms with Crippen molar-refractivity contribution in [3.05, 3.63) is 34.9 Å². The van der Waals surface area contributed by atoms with Crippen LogP contribution in [0.3, 0.4) is 0 Å². The highest BCUT2D eigenvalue weighted by Crippen LogP contribution is 2.23. The number of rotatable bonds is 3. The molecule has 2 N–H and O–H groups in total. The molecule has 2 heteroatoms. The van der Waals surface area contributed by atoms with E-state index in [1.165, 1.54) is 43.2 Å². The van der Waals surface area contributed by atoms with Crippen molar-refractivity contribution in [2.24, 2.45) is 0 Å². The summed E-state index contributed by atoms with van der Waals surface area (Å²) >= 11 is 0. The monoisotopic (exact) mass is 245 g/mol. The Balaban J connectivity index is 1.59. The number of aliphatic hydroxyl groups excluding tert-OH is 1. The molecule has 2 aliphatic carbocycles. The predicted octanol–water partition coefficient (Wildman–Crippen LogP) is 2.57. The second-order valence-corrected chi connectivity index (χ2v) is 5.80. The third-order valence-electron chi connectivity index (χ3n) is 4.46. The van der Waals surface area contributed by atoms with E-state index in [1.807, 2.05) is 0 Å². The number of fused-ring (bicyclic) bond motifs is 1. The van der Waals surface area contributed by atoms with E-state index in [-0.39, 0.29) is 6.10 Å². The minimum Gasteiger partial charge on any atom is -0.392 e. The van der Waals surface area contributed by atoms with Gasteiger partial charge in [0.15, 0.2) is 0 Å². The van der Waals surface area contributed by atoms with Crippen molar-refractivity contribution in [1.82, 2.24) is 5.32 Å². The molecule has 2 atom stereocenters. The fourth-order valence-electron chi connectivity index (χ4n) is 3.33. The van der Waals surface area contributed by atoms with Crippen LogP contribution in [0.15, 0.2) is 18.2 Å². The lowest BCUT2D eigenvalue weighted by molar-refractivity contribution is 0.0902. The Morgan fingerprint density at radius 2 is 1.89 bits per heavy atom. The molecule has 2 unspecified atom stereocenters. The van der Waals surface area contributed by atoms with E-state index >= 15 is 0 Å². The second kappa shape index (κ2) is 5.41. The molecule has 98 valence electrons. The summed E-state index contributed by atoms with van der Waals surface area (Å²) in [6, 6.07) is 7.18. The molecule has 0 aromatic heterocycles. The van der Waals surface area contributed by atoms with E-state index in [1.54, 1.807) is 5.56 Å². The molecule has 0 heterocycles. The van der Waals surface area contributed by atoms with Crippen molar-refractivity contribution in [3.8, 4) is 0 Å². The number of nitrogens with one attached hydrogen (secondary N) is 1. The van der Waals surface area contributed by atoms with E-state index in [9.17, 15) is 5.11 Å². The van der Waals surface area contributed by atoms with Crippen LogP contribution in [-0.2, 0) is 19.4 Å². The summed E-state index contributed by atoms with van der Waals surface area (Å²) in [4.78, 5) is 0. The average Bonchev–Trinajstić information content (AvgIpc) is 2.85. The molecule has 2 nitrogen and oxygen atoms in total. The molecular formula is C16H23NO. The van der Waals surface area contributed by atoms with Crippen molar-refractivity contribution in [1.29, 1.82) is 0 Å². The lowest BCUT2D eigenvalue weighted by Gasteiger charge is -2.28. The summed E-state index contributed by atoms with van der Waals surface area (Å²) in [5, 5.41) is 13.5. The molecule has 1 aromatic rings. The van der Waals surface area contributed by atoms with E-state index < -0.39 is 0 Å². The summed E-state index contributed by atoms with van der Waals surface area (Å²) in [6.07, 6.45) is 8.17. The molecule has 0 amide bonds. The molecule has 1 fully saturated rings. The van der Waals surface area contributed by atoms with E-state index in [4.69, 9.17) is 0 Å². The Kier molecular flexibility index (Phi) is 3.67. The van der Waals surface area contributed by atoms with E-state index in [2.05, 4.69) is 23.5 Å². The molecule has 2 aliphatic rings. The zero-order valence-corrected chi connectivity index (χ0v) is 11.0. The Morgan fingerprint density at radius 3 is 2.78 bits per heavy atom. The first-order chi connectivity index (χ1) is 8.83. The van der Waals surface area contributed by atoms with Gasteiger partial charge in [0, 0.05) is 12.6 Å². The summed E-state index contributed by atoms with van der Waals surface area (Å²) in [7, 11) is 0. The second-order valence-electron chi connectivity index (χ2n) is 5.80. The van der Waals surface area contributed by atoms with Crippen LogP contribution in [0.2, 0.25) is 0 Å². The van der Waals surface area contributed by atoms with Gasteiger partial charge in [-0.25, -0.2) is 0 Å². The molecule has 0 aliphatic heterocycles. The van der Waals surface area contributed by atoms with E-state index in [0.29, 0.717) is 6.04 Å². The van der Waals surface area contributed by atoms with Crippen molar-refractivity contribution in [2.75, 3.05) is 0 Å². The van der Waals surface area contributed by atoms with Crippen LogP contribution in [-0.4, -0.2) is 17.3 Å². The van der Waals surface area contributed by atoms with Crippen LogP contribution in [0.5, 0.6) is 0 Å². The number of benzene rings is 1. The van der Waals surface area contributed by atoms with Crippen LogP contribution >= 0.6 is 0 Å². The fraction of sp³-hybridized carbons (Fsp3) is 0.625. The van der Waals surface area contributed by atoms with Crippen molar-refractivity contribution in [3.63, 3.8) is 0 Å². The highest BCUT2D eigenvalue weighted by Gasteiger charge is 2.22. The first-order valence-corrected chi connectivity index (χ1v) is 7.35. The highest BCUT2D eigenvalue weighted by atomic mass is 16.3. The van der Waals surface area contributed by atoms with Gasteiger partial charge < -0.3 is 10.4 Å². The smallest absolute Gasteiger partial charge is 0.0693 e. The first kappa shape index (κ1) is 12.2. The summed E-state index contributed by atoms with van der Waals surface area (Å²) in [5.41, 5.74) is 4.45. The summed E-state index contributed by atoms with van der Waals surface area (Å²) in [6.45, 7) is 0.898. The number of aryl methyl sites for hydroxylation is 2. The molecule has 0 radical (unpaired) electrons. The van der Waals surface area contributed by atoms with Gasteiger partial charge >= 0.3 is 0 Å². The quantitative estimate of drug-likeness (QED) is 0.858. The van der Waals surface area contributed by atoms with Crippen molar-refractivity contribution >= 4 is 0 Å². The molecule has 18 heavy (non-hydrogen) atoms. The molecule has 1 aromatic carbocycles. The van der Waals surface area contributed by atoms with Gasteiger partial charge in [-0.15, -0.1) is 0 Å². The van der Waals surface area contributed by atoms with Crippen LogP contribution in [0.1, 0.15) is 48.8 Å². The normalized spacial score (nSPS) is 27.2. The minimum absolute atomic E-state index is 0.145. The molecule has 0 bridgehead atoms. The van der Waals surface area contributed by atoms with Gasteiger partial charge in [-0.1, -0.05) is 31.0 Å². The van der Waals surface area contributed by atoms with Crippen LogP contribution in [0, 0.1) is 0 Å². The maximum absolute atomic E-state index is 9.94. The summed E-state index contributed by atoms with van der Waals surface area (Å²) in [5.74, 6) is 0. The maximum atomic E-state index is 9.94. The maximum Gasteiger partial charge on any atom is 0.0693 e. The molecule has 3 rings (SSSR count). The zero-order chi connectivity index (χ0) is 12.4. The van der Waals surface area contributed by atoms with Crippen molar-refractivity contribution in [2.45, 2.75) is 63.6 Å². The number of hydrogen-bond donors (Lipinski definition) is 2. The number of aliphatic hydroxyl groups is 1. The molecule has 0 saturated heterocycles. The largest absolute Gasteiger partial charge is 0.392 e. The predicted molar refractivity (Wildman–Crippen MR) is 73.6 cm³/mol. The van der Waals surface area contributed by atoms with Gasteiger partial charge in [0.25, 0.3) is 0 Å². The van der Waals surface area contributed by atoms with Crippen molar-refractivity contribution < 1.29 is 5.11 Å². The molecule has 0 spiro atoms. The Labute approximate surface area is 109 Å². The lowest BCUT2D eigenvalue weighted by atomic mass is 9.92. The highest BCUT2D eigenvalue weighted by molar-refractivity contribution is 5.35. The van der Waals surface area contributed by atoms with Crippen LogP contribution < -0.4 is 5.32 Å². The first-order valence-electron chi connectivity index (χ1n) is 7.35. The number of hydrogen-bond acceptors (Lipinski definition) is 2. The third-order valence-corrected chi connectivity index (χ3v) is 4.46. The molecular weight excluding hydrogens is 222 g/mol. The van der Waals surface area contributed by atoms with Gasteiger partial charge in [0.05, 0.1) is 6.10 Å². The zero-order valence-electron chi connectivity index (χ0n) is 11.0. The van der Waals surface area contributed by atoms with Gasteiger partial charge in [-0.3, -0.25) is 0 Å². The van der Waals surface area contributed by atoms with Crippen LogP contribution in [0.25, 0.3) is 0 Å². The fourth-order valence-corrected chi connectivity index (χ4v) is 3.33. The van der Waals surface area contributed by atoms with Gasteiger partial charge in [-0.05, 0) is 48.8 Å². The summed E-state index contributed by atoms with van der Waals surface area (Å²) < 4.78 is 0.